The third kappa shape index (κ3) is 3.83. The van der Waals surface area contributed by atoms with Crippen molar-refractivity contribution in [2.24, 2.45) is 10.8 Å². The van der Waals surface area contributed by atoms with Gasteiger partial charge in [0.1, 0.15) is 0 Å². The highest BCUT2D eigenvalue weighted by molar-refractivity contribution is 7.80. The van der Waals surface area contributed by atoms with Gasteiger partial charge >= 0.3 is 0 Å². The van der Waals surface area contributed by atoms with Crippen LogP contribution in [-0.4, -0.2) is 16.3 Å². The third-order valence-electron chi connectivity index (χ3n) is 2.61. The Morgan fingerprint density at radius 1 is 1.24 bits per heavy atom. The monoisotopic (exact) mass is 300 g/mol. The predicted octanol–water partition coefficient (Wildman–Crippen LogP) is 2.68. The van der Waals surface area contributed by atoms with Crippen LogP contribution in [0, 0.1) is 10.1 Å². The number of benzene rings is 2. The molecule has 0 unspecified atom stereocenters. The van der Waals surface area contributed by atoms with Crippen LogP contribution in [0.2, 0.25) is 0 Å². The van der Waals surface area contributed by atoms with Gasteiger partial charge in [-0.05, 0) is 24.4 Å². The molecule has 0 aliphatic carbocycles. The zero-order chi connectivity index (χ0) is 15.2. The first-order chi connectivity index (χ1) is 10.1. The van der Waals surface area contributed by atoms with E-state index in [4.69, 9.17) is 18.0 Å². The maximum atomic E-state index is 10.7. The quantitative estimate of drug-likeness (QED) is 0.406. The van der Waals surface area contributed by atoms with Gasteiger partial charge < -0.3 is 5.73 Å². The van der Waals surface area contributed by atoms with Crippen LogP contribution in [0.4, 0.5) is 11.4 Å². The van der Waals surface area contributed by atoms with E-state index >= 15 is 0 Å². The number of nitro groups is 1. The largest absolute Gasteiger partial charge is 0.374 e. The average molecular weight is 300 g/mol. The zero-order valence-corrected chi connectivity index (χ0v) is 11.7. The summed E-state index contributed by atoms with van der Waals surface area (Å²) in [7, 11) is 0. The van der Waals surface area contributed by atoms with Crippen molar-refractivity contribution in [2.45, 2.75) is 0 Å². The standard InChI is InChI=1S/C14H12N4O2S/c15-14(21)17(12-6-2-1-3-7-12)16-10-11-5-4-8-13(9-11)18(19)20/h1-10H,(H2,15,21)/b16-10+. The van der Waals surface area contributed by atoms with Crippen LogP contribution in [0.15, 0.2) is 59.7 Å². The minimum absolute atomic E-state index is 0.000496. The molecule has 0 bridgehead atoms. The molecule has 0 radical (unpaired) electrons. The van der Waals surface area contributed by atoms with Crippen LogP contribution >= 0.6 is 12.2 Å². The Bertz CT molecular complexity index is 688. The lowest BCUT2D eigenvalue weighted by molar-refractivity contribution is -0.384. The number of para-hydroxylation sites is 1. The molecule has 0 spiro atoms. The minimum Gasteiger partial charge on any atom is -0.374 e. The first-order valence-electron chi connectivity index (χ1n) is 6.01. The molecule has 0 saturated carbocycles. The summed E-state index contributed by atoms with van der Waals surface area (Å²) < 4.78 is 0. The summed E-state index contributed by atoms with van der Waals surface area (Å²) in [4.78, 5) is 10.3. The van der Waals surface area contributed by atoms with Gasteiger partial charge in [0.2, 0.25) is 0 Å². The normalized spacial score (nSPS) is 10.5. The van der Waals surface area contributed by atoms with E-state index in [1.807, 2.05) is 30.3 Å². The number of non-ortho nitro benzene ring substituents is 1. The Morgan fingerprint density at radius 3 is 2.57 bits per heavy atom. The maximum absolute atomic E-state index is 10.7. The second-order valence-electron chi connectivity index (χ2n) is 4.08. The van der Waals surface area contributed by atoms with E-state index in [0.717, 1.165) is 0 Å². The Labute approximate surface area is 126 Å². The molecule has 7 heteroatoms. The number of rotatable bonds is 4. The SMILES string of the molecule is NC(=S)N(/N=C/c1cccc([N+](=O)[O-])c1)c1ccccc1. The van der Waals surface area contributed by atoms with Crippen molar-refractivity contribution >= 4 is 34.9 Å². The van der Waals surface area contributed by atoms with Gasteiger partial charge in [0.05, 0.1) is 16.8 Å². The topological polar surface area (TPSA) is 84.8 Å². The van der Waals surface area contributed by atoms with Gasteiger partial charge in [0.25, 0.3) is 5.69 Å². The molecule has 0 fully saturated rings. The van der Waals surface area contributed by atoms with Crippen molar-refractivity contribution in [3.63, 3.8) is 0 Å². The number of hydrogen-bond donors (Lipinski definition) is 1. The number of nitro benzene ring substituents is 1. The lowest BCUT2D eigenvalue weighted by Crippen LogP contribution is -2.30. The fourth-order valence-electron chi connectivity index (χ4n) is 1.66. The van der Waals surface area contributed by atoms with Crippen molar-refractivity contribution < 1.29 is 4.92 Å². The van der Waals surface area contributed by atoms with Crippen molar-refractivity contribution in [3.05, 3.63) is 70.3 Å². The molecule has 2 aromatic carbocycles. The average Bonchev–Trinajstić information content (AvgIpc) is 2.48. The summed E-state index contributed by atoms with van der Waals surface area (Å²) >= 11 is 4.96. The lowest BCUT2D eigenvalue weighted by Gasteiger charge is -2.16. The number of hydrogen-bond acceptors (Lipinski definition) is 4. The Morgan fingerprint density at radius 2 is 1.95 bits per heavy atom. The second kappa shape index (κ2) is 6.58. The molecule has 0 aliphatic rings. The molecule has 0 atom stereocenters. The van der Waals surface area contributed by atoms with E-state index in [0.29, 0.717) is 11.3 Å². The van der Waals surface area contributed by atoms with Crippen LogP contribution in [0.25, 0.3) is 0 Å². The van der Waals surface area contributed by atoms with Crippen molar-refractivity contribution in [1.29, 1.82) is 0 Å². The van der Waals surface area contributed by atoms with Crippen LogP contribution in [0.1, 0.15) is 5.56 Å². The van der Waals surface area contributed by atoms with Crippen molar-refractivity contribution in [3.8, 4) is 0 Å². The highest BCUT2D eigenvalue weighted by atomic mass is 32.1. The first kappa shape index (κ1) is 14.6. The van der Waals surface area contributed by atoms with Gasteiger partial charge in [-0.3, -0.25) is 10.1 Å². The van der Waals surface area contributed by atoms with E-state index < -0.39 is 4.92 Å². The minimum atomic E-state index is -0.458. The third-order valence-corrected chi connectivity index (χ3v) is 2.79. The molecular weight excluding hydrogens is 288 g/mol. The number of anilines is 1. The van der Waals surface area contributed by atoms with Gasteiger partial charge in [-0.1, -0.05) is 30.3 Å². The predicted molar refractivity (Wildman–Crippen MR) is 86.4 cm³/mol. The Kier molecular flexibility index (Phi) is 4.57. The number of thiocarbonyl (C=S) groups is 1. The highest BCUT2D eigenvalue weighted by Gasteiger charge is 2.07. The molecule has 0 amide bonds. The van der Waals surface area contributed by atoms with E-state index in [1.165, 1.54) is 23.4 Å². The molecule has 6 nitrogen and oxygen atoms in total. The van der Waals surface area contributed by atoms with Crippen molar-refractivity contribution in [2.75, 3.05) is 5.01 Å². The van der Waals surface area contributed by atoms with Crippen LogP contribution in [0.3, 0.4) is 0 Å². The fraction of sp³-hybridized carbons (Fsp3) is 0. The second-order valence-corrected chi connectivity index (χ2v) is 4.50. The van der Waals surface area contributed by atoms with Crippen LogP contribution in [0.5, 0.6) is 0 Å². The molecule has 0 saturated heterocycles. The van der Waals surface area contributed by atoms with Gasteiger partial charge in [-0.2, -0.15) is 5.10 Å². The Hall–Kier alpha value is -2.80. The smallest absolute Gasteiger partial charge is 0.270 e. The highest BCUT2D eigenvalue weighted by Crippen LogP contribution is 2.15. The number of hydrazone groups is 1. The van der Waals surface area contributed by atoms with E-state index in [9.17, 15) is 10.1 Å². The maximum Gasteiger partial charge on any atom is 0.270 e. The molecule has 2 rings (SSSR count). The van der Waals surface area contributed by atoms with Gasteiger partial charge in [0, 0.05) is 17.7 Å². The van der Waals surface area contributed by atoms with Crippen LogP contribution in [-0.2, 0) is 0 Å². The molecular formula is C14H12N4O2S. The number of nitrogens with two attached hydrogens (primary N) is 1. The lowest BCUT2D eigenvalue weighted by atomic mass is 10.2. The van der Waals surface area contributed by atoms with E-state index in [1.54, 1.807) is 12.1 Å². The summed E-state index contributed by atoms with van der Waals surface area (Å²) in [6.45, 7) is 0. The fourth-order valence-corrected chi connectivity index (χ4v) is 1.82. The summed E-state index contributed by atoms with van der Waals surface area (Å²) in [5.41, 5.74) is 6.95. The summed E-state index contributed by atoms with van der Waals surface area (Å²) in [5.74, 6) is 0. The molecule has 2 aromatic rings. The van der Waals surface area contributed by atoms with Gasteiger partial charge in [-0.25, -0.2) is 5.01 Å². The molecule has 0 heterocycles. The Balaban J connectivity index is 2.27. The summed E-state index contributed by atoms with van der Waals surface area (Å²) in [5, 5.41) is 16.4. The van der Waals surface area contributed by atoms with E-state index in [-0.39, 0.29) is 10.8 Å². The molecule has 0 aromatic heterocycles. The molecule has 0 aliphatic heterocycles. The van der Waals surface area contributed by atoms with Crippen LogP contribution < -0.4 is 10.7 Å². The van der Waals surface area contributed by atoms with Crippen molar-refractivity contribution in [1.82, 2.24) is 0 Å². The summed E-state index contributed by atoms with van der Waals surface area (Å²) in [6.07, 6.45) is 1.47. The van der Waals surface area contributed by atoms with Gasteiger partial charge in [0.15, 0.2) is 5.11 Å². The molecule has 2 N–H and O–H groups in total. The zero-order valence-electron chi connectivity index (χ0n) is 10.9. The molecule has 106 valence electrons. The molecule has 21 heavy (non-hydrogen) atoms. The first-order valence-corrected chi connectivity index (χ1v) is 6.42. The van der Waals surface area contributed by atoms with Gasteiger partial charge in [-0.15, -0.1) is 0 Å². The van der Waals surface area contributed by atoms with E-state index in [2.05, 4.69) is 5.10 Å². The number of nitrogens with zero attached hydrogens (tertiary/aromatic N) is 3. The summed E-state index contributed by atoms with van der Waals surface area (Å²) in [6, 6.07) is 15.3.